The normalized spacial score (nSPS) is 15.2. The second-order valence-corrected chi connectivity index (χ2v) is 8.31. The van der Waals surface area contributed by atoms with Crippen molar-refractivity contribution in [3.63, 3.8) is 0 Å². The first-order chi connectivity index (χ1) is 15.1. The molecule has 6 heteroatoms. The Balaban J connectivity index is 1.32. The zero-order valence-corrected chi connectivity index (χ0v) is 18.6. The highest BCUT2D eigenvalue weighted by molar-refractivity contribution is 5.85. The average molecular weight is 422 g/mol. The number of fused-ring (bicyclic) bond motifs is 1. The smallest absolute Gasteiger partial charge is 0.236 e. The Morgan fingerprint density at radius 2 is 1.84 bits per heavy atom. The van der Waals surface area contributed by atoms with Gasteiger partial charge in [-0.15, -0.1) is 0 Å². The Bertz CT molecular complexity index is 1040. The van der Waals surface area contributed by atoms with Crippen LogP contribution >= 0.6 is 0 Å². The number of aromatic nitrogens is 1. The van der Waals surface area contributed by atoms with E-state index in [-0.39, 0.29) is 5.91 Å². The van der Waals surface area contributed by atoms with Gasteiger partial charge in [0.05, 0.1) is 20.8 Å². The van der Waals surface area contributed by atoms with Crippen molar-refractivity contribution < 1.29 is 14.3 Å². The van der Waals surface area contributed by atoms with E-state index in [0.717, 1.165) is 48.5 Å². The van der Waals surface area contributed by atoms with Crippen LogP contribution in [-0.2, 0) is 11.3 Å². The fraction of sp³-hybridized carbons (Fsp3) is 0.400. The van der Waals surface area contributed by atoms with Crippen molar-refractivity contribution in [1.29, 1.82) is 0 Å². The standard InChI is InChI=1S/C25H31N3O3/c1-27(16-18-5-4-6-20(13-18)30-2)25(29)17-28-11-9-19(10-12-28)23-15-26-24-8-7-21(31-3)14-22(23)24/h4-8,13-15,19,26H,9-12,16-17H2,1-3H3. The molecular weight excluding hydrogens is 390 g/mol. The lowest BCUT2D eigenvalue weighted by Gasteiger charge is -2.32. The number of piperidine rings is 1. The van der Waals surface area contributed by atoms with E-state index in [1.165, 1.54) is 10.9 Å². The Morgan fingerprint density at radius 3 is 2.58 bits per heavy atom. The Morgan fingerprint density at radius 1 is 1.10 bits per heavy atom. The number of nitrogens with one attached hydrogen (secondary N) is 1. The molecule has 3 aromatic rings. The molecule has 1 aromatic heterocycles. The fourth-order valence-corrected chi connectivity index (χ4v) is 4.43. The van der Waals surface area contributed by atoms with E-state index < -0.39 is 0 Å². The van der Waals surface area contributed by atoms with Gasteiger partial charge in [0.2, 0.25) is 5.91 Å². The van der Waals surface area contributed by atoms with Crippen LogP contribution in [0.25, 0.3) is 10.9 Å². The van der Waals surface area contributed by atoms with Crippen LogP contribution in [0.5, 0.6) is 11.5 Å². The third kappa shape index (κ3) is 4.85. The monoisotopic (exact) mass is 421 g/mol. The van der Waals surface area contributed by atoms with Crippen LogP contribution in [0, 0.1) is 0 Å². The number of nitrogens with zero attached hydrogens (tertiary/aromatic N) is 2. The third-order valence-electron chi connectivity index (χ3n) is 6.29. The first-order valence-corrected chi connectivity index (χ1v) is 10.8. The van der Waals surface area contributed by atoms with Crippen molar-refractivity contribution in [2.24, 2.45) is 0 Å². The Kier molecular flexibility index (Phi) is 6.47. The van der Waals surface area contributed by atoms with Crippen molar-refractivity contribution in [2.75, 3.05) is 40.9 Å². The van der Waals surface area contributed by atoms with Gasteiger partial charge in [-0.05, 0) is 73.3 Å². The first kappa shape index (κ1) is 21.2. The summed E-state index contributed by atoms with van der Waals surface area (Å²) < 4.78 is 10.7. The summed E-state index contributed by atoms with van der Waals surface area (Å²) in [6, 6.07) is 14.0. The SMILES string of the molecule is COc1cccc(CN(C)C(=O)CN2CCC(c3c[nH]c4ccc(OC)cc34)CC2)c1. The highest BCUT2D eigenvalue weighted by Crippen LogP contribution is 2.34. The molecule has 6 nitrogen and oxygen atoms in total. The highest BCUT2D eigenvalue weighted by atomic mass is 16.5. The van der Waals surface area contributed by atoms with Crippen LogP contribution in [0.1, 0.15) is 29.9 Å². The largest absolute Gasteiger partial charge is 0.497 e. The van der Waals surface area contributed by atoms with Crippen LogP contribution in [0.15, 0.2) is 48.7 Å². The number of rotatable bonds is 7. The van der Waals surface area contributed by atoms with Crippen LogP contribution in [0.4, 0.5) is 0 Å². The maximum Gasteiger partial charge on any atom is 0.236 e. The topological polar surface area (TPSA) is 57.8 Å². The van der Waals surface area contributed by atoms with Crippen LogP contribution in [0.3, 0.4) is 0 Å². The van der Waals surface area contributed by atoms with Crippen molar-refractivity contribution in [3.05, 3.63) is 59.8 Å². The number of ether oxygens (including phenoxy) is 2. The molecular formula is C25H31N3O3. The predicted molar refractivity (Wildman–Crippen MR) is 123 cm³/mol. The quantitative estimate of drug-likeness (QED) is 0.626. The minimum absolute atomic E-state index is 0.151. The number of amides is 1. The molecule has 0 unspecified atom stereocenters. The predicted octanol–water partition coefficient (Wildman–Crippen LogP) is 4.02. The molecule has 1 aliphatic rings. The van der Waals surface area contributed by atoms with Gasteiger partial charge in [0.25, 0.3) is 0 Å². The van der Waals surface area contributed by atoms with E-state index in [1.54, 1.807) is 19.1 Å². The van der Waals surface area contributed by atoms with Gasteiger partial charge in [-0.1, -0.05) is 12.1 Å². The molecule has 0 bridgehead atoms. The summed E-state index contributed by atoms with van der Waals surface area (Å²) in [5.74, 6) is 2.35. The lowest BCUT2D eigenvalue weighted by atomic mass is 9.89. The van der Waals surface area contributed by atoms with Gasteiger partial charge in [0, 0.05) is 30.7 Å². The molecule has 0 saturated carbocycles. The second kappa shape index (κ2) is 9.43. The molecule has 164 valence electrons. The van der Waals surface area contributed by atoms with E-state index in [2.05, 4.69) is 28.2 Å². The average Bonchev–Trinajstić information content (AvgIpc) is 3.22. The zero-order chi connectivity index (χ0) is 21.8. The number of benzene rings is 2. The number of aromatic amines is 1. The van der Waals surface area contributed by atoms with Gasteiger partial charge in [0.1, 0.15) is 11.5 Å². The summed E-state index contributed by atoms with van der Waals surface area (Å²) in [7, 11) is 5.23. The first-order valence-electron chi connectivity index (χ1n) is 10.8. The van der Waals surface area contributed by atoms with E-state index in [4.69, 9.17) is 9.47 Å². The van der Waals surface area contributed by atoms with Gasteiger partial charge in [0.15, 0.2) is 0 Å². The molecule has 0 spiro atoms. The molecule has 1 fully saturated rings. The molecule has 1 N–H and O–H groups in total. The molecule has 4 rings (SSSR count). The molecule has 1 aliphatic heterocycles. The number of carbonyl (C=O) groups excluding carboxylic acids is 1. The number of likely N-dealkylation sites (N-methyl/N-ethyl adjacent to an activating group) is 1. The number of carbonyl (C=O) groups is 1. The fourth-order valence-electron chi connectivity index (χ4n) is 4.43. The summed E-state index contributed by atoms with van der Waals surface area (Å²) in [6.45, 7) is 2.92. The Hall–Kier alpha value is -2.99. The maximum absolute atomic E-state index is 12.8. The minimum Gasteiger partial charge on any atom is -0.497 e. The third-order valence-corrected chi connectivity index (χ3v) is 6.29. The summed E-state index contributed by atoms with van der Waals surface area (Å²) in [5.41, 5.74) is 3.58. The van der Waals surface area contributed by atoms with E-state index in [9.17, 15) is 4.79 Å². The maximum atomic E-state index is 12.8. The molecule has 2 heterocycles. The number of hydrogen-bond donors (Lipinski definition) is 1. The molecule has 31 heavy (non-hydrogen) atoms. The van der Waals surface area contributed by atoms with Crippen LogP contribution < -0.4 is 9.47 Å². The van der Waals surface area contributed by atoms with Crippen molar-refractivity contribution in [1.82, 2.24) is 14.8 Å². The van der Waals surface area contributed by atoms with Crippen molar-refractivity contribution in [2.45, 2.75) is 25.3 Å². The van der Waals surface area contributed by atoms with Crippen molar-refractivity contribution >= 4 is 16.8 Å². The molecule has 0 aliphatic carbocycles. The number of likely N-dealkylation sites (tertiary alicyclic amines) is 1. The number of H-pyrrole nitrogens is 1. The highest BCUT2D eigenvalue weighted by Gasteiger charge is 2.25. The summed E-state index contributed by atoms with van der Waals surface area (Å²) in [4.78, 5) is 20.2. The molecule has 0 radical (unpaired) electrons. The van der Waals surface area contributed by atoms with Gasteiger partial charge in [-0.3, -0.25) is 9.69 Å². The van der Waals surface area contributed by atoms with Gasteiger partial charge in [-0.25, -0.2) is 0 Å². The van der Waals surface area contributed by atoms with Gasteiger partial charge in [-0.2, -0.15) is 0 Å². The molecule has 2 aromatic carbocycles. The van der Waals surface area contributed by atoms with E-state index in [1.807, 2.05) is 37.4 Å². The van der Waals surface area contributed by atoms with Crippen molar-refractivity contribution in [3.8, 4) is 11.5 Å². The lowest BCUT2D eigenvalue weighted by Crippen LogP contribution is -2.41. The molecule has 1 amide bonds. The molecule has 0 atom stereocenters. The molecule has 1 saturated heterocycles. The second-order valence-electron chi connectivity index (χ2n) is 8.31. The summed E-state index contributed by atoms with van der Waals surface area (Å²) in [5, 5.41) is 1.24. The summed E-state index contributed by atoms with van der Waals surface area (Å²) >= 11 is 0. The van der Waals surface area contributed by atoms with E-state index in [0.29, 0.717) is 19.0 Å². The Labute approximate surface area is 183 Å². The van der Waals surface area contributed by atoms with E-state index >= 15 is 0 Å². The minimum atomic E-state index is 0.151. The van der Waals surface area contributed by atoms with Crippen LogP contribution in [0.2, 0.25) is 0 Å². The van der Waals surface area contributed by atoms with Crippen LogP contribution in [-0.4, -0.2) is 61.6 Å². The zero-order valence-electron chi connectivity index (χ0n) is 18.6. The number of hydrogen-bond acceptors (Lipinski definition) is 4. The van der Waals surface area contributed by atoms with Gasteiger partial charge < -0.3 is 19.4 Å². The summed E-state index contributed by atoms with van der Waals surface area (Å²) in [6.07, 6.45) is 4.24. The number of methoxy groups -OCH3 is 2. The lowest BCUT2D eigenvalue weighted by molar-refractivity contribution is -0.131. The van der Waals surface area contributed by atoms with Gasteiger partial charge >= 0.3 is 0 Å².